The van der Waals surface area contributed by atoms with Gasteiger partial charge in [-0.2, -0.15) is 13.5 Å². The molecule has 1 aliphatic rings. The van der Waals surface area contributed by atoms with Crippen LogP contribution >= 0.6 is 0 Å². The van der Waals surface area contributed by atoms with E-state index in [0.717, 1.165) is 12.6 Å². The summed E-state index contributed by atoms with van der Waals surface area (Å²) in [6.45, 7) is 0.951. The van der Waals surface area contributed by atoms with Gasteiger partial charge in [0.05, 0.1) is 12.8 Å². The van der Waals surface area contributed by atoms with Gasteiger partial charge >= 0.3 is 16.2 Å². The smallest absolute Gasteiger partial charge is 0.420 e. The Labute approximate surface area is 91.1 Å². The fraction of sp³-hybridized carbons (Fsp3) is 0.429. The van der Waals surface area contributed by atoms with Gasteiger partial charge in [-0.1, -0.05) is 0 Å². The Kier molecular flexibility index (Phi) is 2.46. The average molecular weight is 247 g/mol. The molecule has 0 spiro atoms. The number of carbonyl (C=O) groups excluding carboxylic acids is 1. The van der Waals surface area contributed by atoms with Crippen LogP contribution in [0.4, 0.5) is 4.79 Å². The van der Waals surface area contributed by atoms with Gasteiger partial charge in [-0.25, -0.2) is 9.48 Å². The van der Waals surface area contributed by atoms with Crippen LogP contribution in [0.15, 0.2) is 11.1 Å². The van der Waals surface area contributed by atoms with Crippen LogP contribution in [0, 0.1) is 0 Å². The number of carbonyl (C=O) groups is 1. The molecule has 0 radical (unpaired) electrons. The Hall–Kier alpha value is -1.77. The van der Waals surface area contributed by atoms with Crippen molar-refractivity contribution in [1.82, 2.24) is 9.78 Å². The van der Waals surface area contributed by atoms with E-state index < -0.39 is 16.2 Å². The van der Waals surface area contributed by atoms with Crippen molar-refractivity contribution in [2.75, 3.05) is 6.61 Å². The predicted molar refractivity (Wildman–Crippen MR) is 50.2 cm³/mol. The van der Waals surface area contributed by atoms with Crippen LogP contribution in [0.1, 0.15) is 6.42 Å². The maximum Gasteiger partial charge on any atom is 0.420 e. The van der Waals surface area contributed by atoms with Gasteiger partial charge in [0.15, 0.2) is 4.90 Å². The van der Waals surface area contributed by atoms with E-state index in [2.05, 4.69) is 15.0 Å². The lowest BCUT2D eigenvalue weighted by Gasteiger charge is -2.15. The van der Waals surface area contributed by atoms with Crippen LogP contribution < -0.4 is 10.5 Å². The summed E-state index contributed by atoms with van der Waals surface area (Å²) in [6.07, 6.45) is 0.416. The lowest BCUT2D eigenvalue weighted by molar-refractivity contribution is 0.210. The van der Waals surface area contributed by atoms with Gasteiger partial charge in [-0.3, -0.25) is 0 Å². The molecule has 0 unspecified atom stereocenters. The highest BCUT2D eigenvalue weighted by Crippen LogP contribution is 2.27. The number of rotatable bonds is 2. The number of aromatic nitrogens is 2. The Morgan fingerprint density at radius 3 is 3.06 bits per heavy atom. The molecule has 9 heteroatoms. The monoisotopic (exact) mass is 247 g/mol. The topological polar surface area (TPSA) is 114 Å². The molecule has 0 aromatic carbocycles. The van der Waals surface area contributed by atoms with Gasteiger partial charge < -0.3 is 14.7 Å². The summed E-state index contributed by atoms with van der Waals surface area (Å²) in [6, 6.07) is 0. The molecule has 0 aliphatic carbocycles. The molecular formula is C7H9N3O5S. The highest BCUT2D eigenvalue weighted by Gasteiger charge is 2.29. The van der Waals surface area contributed by atoms with E-state index in [1.54, 1.807) is 0 Å². The number of amides is 1. The zero-order chi connectivity index (χ0) is 11.8. The Morgan fingerprint density at radius 1 is 1.62 bits per heavy atom. The minimum atomic E-state index is -4.24. The molecule has 2 rings (SSSR count). The summed E-state index contributed by atoms with van der Waals surface area (Å²) >= 11 is 0. The van der Waals surface area contributed by atoms with Crippen LogP contribution in [0.5, 0.6) is 5.88 Å². The van der Waals surface area contributed by atoms with Crippen molar-refractivity contribution in [2.45, 2.75) is 17.9 Å². The number of hydrogen-bond donors (Lipinski definition) is 1. The largest absolute Gasteiger partial charge is 0.477 e. The SMILES string of the molecule is NC(=O)OS(=O)(=O)c1cnn2c1OCCC2. The molecular weight excluding hydrogens is 238 g/mol. The Balaban J connectivity index is 2.41. The third kappa shape index (κ3) is 1.81. The molecule has 0 fully saturated rings. The first kappa shape index (κ1) is 10.7. The van der Waals surface area contributed by atoms with Crippen molar-refractivity contribution in [3.8, 4) is 5.88 Å². The van der Waals surface area contributed by atoms with E-state index in [1.807, 2.05) is 0 Å². The first-order valence-corrected chi connectivity index (χ1v) is 5.84. The minimum Gasteiger partial charge on any atom is -0.477 e. The van der Waals surface area contributed by atoms with Crippen molar-refractivity contribution in [2.24, 2.45) is 5.73 Å². The van der Waals surface area contributed by atoms with Crippen molar-refractivity contribution < 1.29 is 22.1 Å². The molecule has 1 aliphatic heterocycles. The van der Waals surface area contributed by atoms with E-state index in [-0.39, 0.29) is 10.8 Å². The second kappa shape index (κ2) is 3.67. The summed E-state index contributed by atoms with van der Waals surface area (Å²) in [5.41, 5.74) is 4.65. The van der Waals surface area contributed by atoms with E-state index in [1.165, 1.54) is 4.68 Å². The van der Waals surface area contributed by atoms with Crippen molar-refractivity contribution in [3.63, 3.8) is 0 Å². The number of nitrogens with zero attached hydrogens (tertiary/aromatic N) is 2. The third-order valence-electron chi connectivity index (χ3n) is 1.97. The van der Waals surface area contributed by atoms with Gasteiger partial charge in [0.2, 0.25) is 5.88 Å². The molecule has 1 amide bonds. The Bertz CT molecular complexity index is 520. The van der Waals surface area contributed by atoms with Gasteiger partial charge in [0.25, 0.3) is 0 Å². The fourth-order valence-corrected chi connectivity index (χ4v) is 2.23. The van der Waals surface area contributed by atoms with Crippen molar-refractivity contribution >= 4 is 16.2 Å². The summed E-state index contributed by atoms with van der Waals surface area (Å²) in [4.78, 5) is 10.1. The van der Waals surface area contributed by atoms with Gasteiger partial charge in [0.1, 0.15) is 0 Å². The molecule has 2 N–H and O–H groups in total. The van der Waals surface area contributed by atoms with E-state index >= 15 is 0 Å². The van der Waals surface area contributed by atoms with Crippen LogP contribution in [0.3, 0.4) is 0 Å². The summed E-state index contributed by atoms with van der Waals surface area (Å²) in [7, 11) is -4.24. The first-order valence-electron chi connectivity index (χ1n) is 4.43. The number of aryl methyl sites for hydroxylation is 1. The Morgan fingerprint density at radius 2 is 2.38 bits per heavy atom. The molecule has 88 valence electrons. The quantitative estimate of drug-likeness (QED) is 0.701. The normalized spacial score (nSPS) is 15.0. The van der Waals surface area contributed by atoms with Crippen LogP contribution in [-0.4, -0.2) is 30.9 Å². The lowest BCUT2D eigenvalue weighted by atomic mass is 10.4. The molecule has 8 nitrogen and oxygen atoms in total. The summed E-state index contributed by atoms with van der Waals surface area (Å²) in [5.74, 6) is 0.0764. The first-order chi connectivity index (χ1) is 7.50. The maximum absolute atomic E-state index is 11.5. The summed E-state index contributed by atoms with van der Waals surface area (Å²) in [5, 5.41) is 3.81. The van der Waals surface area contributed by atoms with E-state index in [9.17, 15) is 13.2 Å². The molecule has 16 heavy (non-hydrogen) atoms. The predicted octanol–water partition coefficient (Wildman–Crippen LogP) is -0.550. The molecule has 0 bridgehead atoms. The van der Waals surface area contributed by atoms with E-state index in [4.69, 9.17) is 4.74 Å². The molecule has 2 heterocycles. The van der Waals surface area contributed by atoms with Gasteiger partial charge in [0, 0.05) is 13.0 Å². The van der Waals surface area contributed by atoms with Crippen LogP contribution in [0.25, 0.3) is 0 Å². The number of primary amides is 1. The third-order valence-corrected chi connectivity index (χ3v) is 3.18. The van der Waals surface area contributed by atoms with Crippen molar-refractivity contribution in [3.05, 3.63) is 6.20 Å². The van der Waals surface area contributed by atoms with Crippen molar-refractivity contribution in [1.29, 1.82) is 0 Å². The zero-order valence-electron chi connectivity index (χ0n) is 8.12. The number of hydrogen-bond acceptors (Lipinski definition) is 6. The minimum absolute atomic E-state index is 0.0764. The molecule has 0 atom stereocenters. The van der Waals surface area contributed by atoms with Gasteiger partial charge in [-0.05, 0) is 0 Å². The van der Waals surface area contributed by atoms with E-state index in [0.29, 0.717) is 13.2 Å². The van der Waals surface area contributed by atoms with Crippen LogP contribution in [-0.2, 0) is 20.8 Å². The molecule has 1 aromatic rings. The highest BCUT2D eigenvalue weighted by molar-refractivity contribution is 7.87. The number of ether oxygens (including phenoxy) is 1. The standard InChI is InChI=1S/C7H9N3O5S/c8-7(11)15-16(12,13)5-4-9-10-2-1-3-14-6(5)10/h4H,1-3H2,(H2,8,11). The molecule has 0 saturated heterocycles. The van der Waals surface area contributed by atoms with Gasteiger partial charge in [-0.15, -0.1) is 0 Å². The second-order valence-corrected chi connectivity index (χ2v) is 4.61. The highest BCUT2D eigenvalue weighted by atomic mass is 32.2. The molecule has 1 aromatic heterocycles. The number of nitrogens with two attached hydrogens (primary N) is 1. The fourth-order valence-electron chi connectivity index (χ4n) is 1.37. The average Bonchev–Trinajstić information content (AvgIpc) is 2.59. The maximum atomic E-state index is 11.5. The zero-order valence-corrected chi connectivity index (χ0v) is 8.94. The number of fused-ring (bicyclic) bond motifs is 1. The van der Waals surface area contributed by atoms with Crippen LogP contribution in [0.2, 0.25) is 0 Å². The molecule has 0 saturated carbocycles. The second-order valence-electron chi connectivity index (χ2n) is 3.10. The summed E-state index contributed by atoms with van der Waals surface area (Å²) < 4.78 is 33.6. The lowest BCUT2D eigenvalue weighted by Crippen LogP contribution is -2.20.